The highest BCUT2D eigenvalue weighted by Gasteiger charge is 2.18. The molecule has 1 amide bonds. The smallest absolute Gasteiger partial charge is 0.263 e. The third-order valence-corrected chi connectivity index (χ3v) is 6.41. The molecule has 3 heterocycles. The summed E-state index contributed by atoms with van der Waals surface area (Å²) in [6.45, 7) is 7.83. The van der Waals surface area contributed by atoms with Gasteiger partial charge in [-0.3, -0.25) is 14.2 Å². The molecule has 158 valence electrons. The normalized spacial score (nSPS) is 11.0. The van der Waals surface area contributed by atoms with Crippen LogP contribution in [0.15, 0.2) is 62.8 Å². The number of nitrogens with zero attached hydrogens (tertiary/aromatic N) is 3. The molecule has 1 N–H and O–H groups in total. The number of amides is 1. The van der Waals surface area contributed by atoms with Gasteiger partial charge in [0.15, 0.2) is 11.0 Å². The molecule has 1 aromatic carbocycles. The maximum absolute atomic E-state index is 13.3. The summed E-state index contributed by atoms with van der Waals surface area (Å²) in [6.07, 6.45) is 1.65. The van der Waals surface area contributed by atoms with Crippen LogP contribution in [0.3, 0.4) is 0 Å². The molecule has 31 heavy (non-hydrogen) atoms. The Kier molecular flexibility index (Phi) is 6.06. The second-order valence-electron chi connectivity index (χ2n) is 6.95. The van der Waals surface area contributed by atoms with Crippen molar-refractivity contribution >= 4 is 45.0 Å². The lowest BCUT2D eigenvalue weighted by atomic mass is 10.1. The predicted octanol–water partition coefficient (Wildman–Crippen LogP) is 4.65. The average Bonchev–Trinajstić information content (AvgIpc) is 3.35. The van der Waals surface area contributed by atoms with Gasteiger partial charge in [-0.1, -0.05) is 52.8 Å². The van der Waals surface area contributed by atoms with Crippen molar-refractivity contribution in [1.82, 2.24) is 14.7 Å². The van der Waals surface area contributed by atoms with Gasteiger partial charge in [0.05, 0.1) is 11.1 Å². The van der Waals surface area contributed by atoms with Crippen molar-refractivity contribution in [3.05, 3.63) is 70.0 Å². The Morgan fingerprint density at radius 3 is 2.77 bits per heavy atom. The molecule has 0 unspecified atom stereocenters. The average molecular weight is 453 g/mol. The molecule has 0 saturated carbocycles. The summed E-state index contributed by atoms with van der Waals surface area (Å²) in [7, 11) is 0. The van der Waals surface area contributed by atoms with Crippen LogP contribution < -0.4 is 10.9 Å². The van der Waals surface area contributed by atoms with E-state index in [9.17, 15) is 9.59 Å². The highest BCUT2D eigenvalue weighted by Crippen LogP contribution is 2.32. The molecule has 4 aromatic rings. The lowest BCUT2D eigenvalue weighted by molar-refractivity contribution is -0.113. The van der Waals surface area contributed by atoms with E-state index in [0.29, 0.717) is 33.5 Å². The molecule has 0 spiro atoms. The number of carbonyl (C=O) groups excluding carboxylic acids is 1. The second kappa shape index (κ2) is 8.91. The van der Waals surface area contributed by atoms with Crippen molar-refractivity contribution in [1.29, 1.82) is 0 Å². The number of carbonyl (C=O) groups is 1. The van der Waals surface area contributed by atoms with E-state index in [0.717, 1.165) is 16.7 Å². The first-order valence-corrected chi connectivity index (χ1v) is 11.4. The zero-order chi connectivity index (χ0) is 22.0. The van der Waals surface area contributed by atoms with Crippen molar-refractivity contribution in [2.24, 2.45) is 0 Å². The lowest BCUT2D eigenvalue weighted by Gasteiger charge is -2.10. The fourth-order valence-electron chi connectivity index (χ4n) is 3.09. The Bertz CT molecular complexity index is 1320. The van der Waals surface area contributed by atoms with Gasteiger partial charge in [-0.25, -0.2) is 4.98 Å². The van der Waals surface area contributed by atoms with E-state index in [1.807, 2.05) is 36.6 Å². The van der Waals surface area contributed by atoms with Crippen LogP contribution in [-0.2, 0) is 11.3 Å². The number of thiophene rings is 1. The van der Waals surface area contributed by atoms with Crippen molar-refractivity contribution in [3.63, 3.8) is 0 Å². The molecule has 7 nitrogen and oxygen atoms in total. The van der Waals surface area contributed by atoms with Crippen LogP contribution in [0, 0.1) is 13.8 Å². The van der Waals surface area contributed by atoms with Gasteiger partial charge in [-0.05, 0) is 19.4 Å². The molecular formula is C22H20N4O3S2. The number of hydrogen-bond acceptors (Lipinski definition) is 7. The minimum Gasteiger partial charge on any atom is -0.360 e. The van der Waals surface area contributed by atoms with E-state index in [-0.39, 0.29) is 17.2 Å². The minimum atomic E-state index is -0.260. The zero-order valence-corrected chi connectivity index (χ0v) is 18.7. The Labute approximate surface area is 186 Å². The second-order valence-corrected chi connectivity index (χ2v) is 8.75. The number of aromatic nitrogens is 3. The SMILES string of the molecule is C=CCn1c(SCC(=O)Nc2cc(C)on2)nc2scc(-c3ccc(C)cc3)c2c1=O. The lowest BCUT2D eigenvalue weighted by Crippen LogP contribution is -2.23. The van der Waals surface area contributed by atoms with Crippen LogP contribution in [0.5, 0.6) is 0 Å². The van der Waals surface area contributed by atoms with Gasteiger partial charge in [0, 0.05) is 23.6 Å². The number of nitrogens with one attached hydrogen (secondary N) is 1. The van der Waals surface area contributed by atoms with Crippen molar-refractivity contribution < 1.29 is 9.32 Å². The van der Waals surface area contributed by atoms with Gasteiger partial charge in [0.1, 0.15) is 10.6 Å². The molecule has 9 heteroatoms. The van der Waals surface area contributed by atoms with Crippen LogP contribution in [0.1, 0.15) is 11.3 Å². The number of allylic oxidation sites excluding steroid dienone is 1. The third-order valence-electron chi connectivity index (χ3n) is 4.56. The summed E-state index contributed by atoms with van der Waals surface area (Å²) in [5.74, 6) is 0.786. The molecule has 0 radical (unpaired) electrons. The monoisotopic (exact) mass is 452 g/mol. The Balaban J connectivity index is 1.65. The minimum absolute atomic E-state index is 0.0805. The van der Waals surface area contributed by atoms with E-state index < -0.39 is 0 Å². The molecule has 0 fully saturated rings. The fraction of sp³-hybridized carbons (Fsp3) is 0.182. The summed E-state index contributed by atoms with van der Waals surface area (Å²) < 4.78 is 6.50. The van der Waals surface area contributed by atoms with Crippen LogP contribution in [0.25, 0.3) is 21.3 Å². The van der Waals surface area contributed by atoms with Crippen molar-refractivity contribution in [2.45, 2.75) is 25.5 Å². The number of fused-ring (bicyclic) bond motifs is 1. The quantitative estimate of drug-likeness (QED) is 0.249. The summed E-state index contributed by atoms with van der Waals surface area (Å²) in [5, 5.41) is 9.43. The molecule has 4 rings (SSSR count). The Morgan fingerprint density at radius 2 is 2.10 bits per heavy atom. The zero-order valence-electron chi connectivity index (χ0n) is 17.0. The van der Waals surface area contributed by atoms with Gasteiger partial charge in [-0.15, -0.1) is 17.9 Å². The third kappa shape index (κ3) is 4.47. The van der Waals surface area contributed by atoms with Crippen LogP contribution in [0.4, 0.5) is 5.82 Å². The molecule has 0 atom stereocenters. The molecule has 0 saturated heterocycles. The number of benzene rings is 1. The van der Waals surface area contributed by atoms with E-state index in [4.69, 9.17) is 4.52 Å². The largest absolute Gasteiger partial charge is 0.360 e. The van der Waals surface area contributed by atoms with Crippen LogP contribution in [-0.4, -0.2) is 26.4 Å². The fourth-order valence-corrected chi connectivity index (χ4v) is 4.88. The van der Waals surface area contributed by atoms with Crippen LogP contribution >= 0.6 is 23.1 Å². The first kappa shape index (κ1) is 21.1. The highest BCUT2D eigenvalue weighted by atomic mass is 32.2. The summed E-state index contributed by atoms with van der Waals surface area (Å²) in [4.78, 5) is 31.0. The molecule has 3 aromatic heterocycles. The van der Waals surface area contributed by atoms with Gasteiger partial charge in [0.25, 0.3) is 5.56 Å². The molecule has 0 bridgehead atoms. The van der Waals surface area contributed by atoms with Gasteiger partial charge in [-0.2, -0.15) is 0 Å². The van der Waals surface area contributed by atoms with Crippen molar-refractivity contribution in [2.75, 3.05) is 11.1 Å². The van der Waals surface area contributed by atoms with E-state index in [2.05, 4.69) is 22.0 Å². The molecule has 0 aliphatic rings. The number of aryl methyl sites for hydroxylation is 2. The van der Waals surface area contributed by atoms with Crippen LogP contribution in [0.2, 0.25) is 0 Å². The number of hydrogen-bond donors (Lipinski definition) is 1. The first-order chi connectivity index (χ1) is 15.0. The van der Waals surface area contributed by atoms with Gasteiger partial charge >= 0.3 is 0 Å². The maximum Gasteiger partial charge on any atom is 0.263 e. The van der Waals surface area contributed by atoms with E-state index in [1.165, 1.54) is 23.1 Å². The predicted molar refractivity (Wildman–Crippen MR) is 125 cm³/mol. The first-order valence-electron chi connectivity index (χ1n) is 9.52. The Hall–Kier alpha value is -3.17. The molecule has 0 aliphatic heterocycles. The van der Waals surface area contributed by atoms with E-state index >= 15 is 0 Å². The maximum atomic E-state index is 13.3. The Morgan fingerprint density at radius 1 is 1.32 bits per heavy atom. The number of thioether (sulfide) groups is 1. The number of anilines is 1. The standard InChI is InChI=1S/C22H20N4O3S2/c1-4-9-26-21(28)19-16(15-7-5-13(2)6-8-15)11-30-20(19)24-22(26)31-12-18(27)23-17-10-14(3)29-25-17/h4-8,10-11H,1,9,12H2,2-3H3,(H,23,25,27). The summed E-state index contributed by atoms with van der Waals surface area (Å²) in [5.41, 5.74) is 2.86. The van der Waals surface area contributed by atoms with Gasteiger partial charge in [0.2, 0.25) is 5.91 Å². The molecule has 0 aliphatic carbocycles. The summed E-state index contributed by atoms with van der Waals surface area (Å²) in [6, 6.07) is 9.69. The van der Waals surface area contributed by atoms with Crippen molar-refractivity contribution in [3.8, 4) is 11.1 Å². The number of rotatable bonds is 7. The molecular weight excluding hydrogens is 432 g/mol. The van der Waals surface area contributed by atoms with Gasteiger partial charge < -0.3 is 9.84 Å². The summed E-state index contributed by atoms with van der Waals surface area (Å²) >= 11 is 2.62. The topological polar surface area (TPSA) is 90.0 Å². The van der Waals surface area contributed by atoms with E-state index in [1.54, 1.807) is 23.6 Å². The highest BCUT2D eigenvalue weighted by molar-refractivity contribution is 7.99.